The number of amides is 1. The molecule has 156 valence electrons. The van der Waals surface area contributed by atoms with Crippen LogP contribution >= 0.6 is 0 Å². The van der Waals surface area contributed by atoms with Crippen molar-refractivity contribution < 1.29 is 17.6 Å². The number of aromatic nitrogens is 2. The van der Waals surface area contributed by atoms with Crippen LogP contribution in [0.25, 0.3) is 0 Å². The molecule has 29 heavy (non-hydrogen) atoms. The maximum atomic E-state index is 13.5. The number of sulfonamides is 1. The zero-order chi connectivity index (χ0) is 21.2. The number of hydrogen-bond acceptors (Lipinski definition) is 5. The summed E-state index contributed by atoms with van der Waals surface area (Å²) in [6, 6.07) is 4.75. The first-order chi connectivity index (χ1) is 13.7. The van der Waals surface area contributed by atoms with Gasteiger partial charge < -0.3 is 4.90 Å². The summed E-state index contributed by atoms with van der Waals surface area (Å²) in [5.41, 5.74) is 1.10. The fraction of sp³-hybridized carbons (Fsp3) is 0.450. The van der Waals surface area contributed by atoms with Gasteiger partial charge in [0.05, 0.1) is 16.2 Å². The predicted octanol–water partition coefficient (Wildman–Crippen LogP) is 2.55. The molecule has 7 nitrogen and oxygen atoms in total. The van der Waals surface area contributed by atoms with Gasteiger partial charge in [0.1, 0.15) is 11.6 Å². The summed E-state index contributed by atoms with van der Waals surface area (Å²) in [6.07, 6.45) is 3.34. The van der Waals surface area contributed by atoms with E-state index < -0.39 is 15.8 Å². The monoisotopic (exact) mass is 420 g/mol. The van der Waals surface area contributed by atoms with Crippen LogP contribution in [-0.2, 0) is 10.0 Å². The van der Waals surface area contributed by atoms with Crippen molar-refractivity contribution in [3.63, 3.8) is 0 Å². The zero-order valence-electron chi connectivity index (χ0n) is 16.8. The molecule has 1 atom stereocenters. The first-order valence-corrected chi connectivity index (χ1v) is 11.0. The third-order valence-corrected chi connectivity index (χ3v) is 7.21. The molecular weight excluding hydrogens is 395 g/mol. The number of halogens is 1. The molecule has 2 aromatic rings. The highest BCUT2D eigenvalue weighted by Gasteiger charge is 2.31. The van der Waals surface area contributed by atoms with Crippen molar-refractivity contribution in [2.45, 2.75) is 44.0 Å². The van der Waals surface area contributed by atoms with E-state index in [1.807, 2.05) is 0 Å². The van der Waals surface area contributed by atoms with Gasteiger partial charge in [-0.2, -0.15) is 4.31 Å². The van der Waals surface area contributed by atoms with Crippen molar-refractivity contribution in [1.29, 1.82) is 0 Å². The third kappa shape index (κ3) is 4.62. The van der Waals surface area contributed by atoms with E-state index in [1.54, 1.807) is 24.9 Å². The highest BCUT2D eigenvalue weighted by molar-refractivity contribution is 7.89. The van der Waals surface area contributed by atoms with Crippen molar-refractivity contribution >= 4 is 15.9 Å². The zero-order valence-corrected chi connectivity index (χ0v) is 17.6. The van der Waals surface area contributed by atoms with Crippen LogP contribution in [0.4, 0.5) is 4.39 Å². The topological polar surface area (TPSA) is 83.5 Å². The van der Waals surface area contributed by atoms with Gasteiger partial charge in [-0.05, 0) is 51.3 Å². The van der Waals surface area contributed by atoms with Gasteiger partial charge in [-0.1, -0.05) is 6.07 Å². The molecule has 0 spiro atoms. The molecule has 1 aromatic carbocycles. The number of aryl methyl sites for hydroxylation is 2. The SMILES string of the molecule is Cc1ncc(C(=O)N2CCC[C@H](N(C)S(=O)(=O)c3cccc(F)c3)CC2)c(C)n1. The first kappa shape index (κ1) is 21.3. The van der Waals surface area contributed by atoms with Crippen molar-refractivity contribution in [2.75, 3.05) is 20.1 Å². The summed E-state index contributed by atoms with van der Waals surface area (Å²) in [7, 11) is -2.29. The normalized spacial score (nSPS) is 18.0. The molecule has 1 aliphatic heterocycles. The molecule has 3 rings (SSSR count). The van der Waals surface area contributed by atoms with Gasteiger partial charge in [-0.3, -0.25) is 4.79 Å². The van der Waals surface area contributed by atoms with E-state index in [0.717, 1.165) is 6.07 Å². The average Bonchev–Trinajstić information content (AvgIpc) is 2.93. The smallest absolute Gasteiger partial charge is 0.257 e. The van der Waals surface area contributed by atoms with Crippen molar-refractivity contribution in [3.8, 4) is 0 Å². The lowest BCUT2D eigenvalue weighted by atomic mass is 10.1. The summed E-state index contributed by atoms with van der Waals surface area (Å²) in [5, 5.41) is 0. The molecule has 0 aliphatic carbocycles. The molecule has 9 heteroatoms. The van der Waals surface area contributed by atoms with E-state index >= 15 is 0 Å². The van der Waals surface area contributed by atoms with Crippen molar-refractivity contribution in [3.05, 3.63) is 53.4 Å². The fourth-order valence-electron chi connectivity index (χ4n) is 3.60. The van der Waals surface area contributed by atoms with E-state index in [4.69, 9.17) is 0 Å². The number of nitrogens with zero attached hydrogens (tertiary/aromatic N) is 4. The van der Waals surface area contributed by atoms with Crippen LogP contribution in [0, 0.1) is 19.7 Å². The van der Waals surface area contributed by atoms with Gasteiger partial charge in [0.15, 0.2) is 0 Å². The van der Waals surface area contributed by atoms with E-state index in [9.17, 15) is 17.6 Å². The Labute approximate surface area is 170 Å². The molecule has 2 heterocycles. The summed E-state index contributed by atoms with van der Waals surface area (Å²) in [6.45, 7) is 4.52. The molecule has 0 unspecified atom stereocenters. The van der Waals surface area contributed by atoms with Crippen LogP contribution in [0.5, 0.6) is 0 Å². The second kappa shape index (κ2) is 8.54. The molecule has 1 fully saturated rings. The summed E-state index contributed by atoms with van der Waals surface area (Å²) in [5.74, 6) is -0.120. The van der Waals surface area contributed by atoms with Crippen LogP contribution in [0.15, 0.2) is 35.4 Å². The third-order valence-electron chi connectivity index (χ3n) is 5.30. The molecular formula is C20H25FN4O3S. The maximum absolute atomic E-state index is 13.5. The van der Waals surface area contributed by atoms with Crippen molar-refractivity contribution in [1.82, 2.24) is 19.2 Å². The van der Waals surface area contributed by atoms with E-state index in [0.29, 0.717) is 49.4 Å². The van der Waals surface area contributed by atoms with Crippen LogP contribution in [0.3, 0.4) is 0 Å². The van der Waals surface area contributed by atoms with Crippen LogP contribution in [-0.4, -0.2) is 59.7 Å². The van der Waals surface area contributed by atoms with Gasteiger partial charge in [-0.25, -0.2) is 22.8 Å². The van der Waals surface area contributed by atoms with Gasteiger partial charge in [0.25, 0.3) is 5.91 Å². The predicted molar refractivity (Wildman–Crippen MR) is 106 cm³/mol. The standard InChI is InChI=1S/C20H25FN4O3S/c1-14-19(13-22-15(2)23-14)20(26)25-10-5-7-17(9-11-25)24(3)29(27,28)18-8-4-6-16(21)12-18/h4,6,8,12-13,17H,5,7,9-11H2,1-3H3/t17-/m0/s1. The summed E-state index contributed by atoms with van der Waals surface area (Å²) in [4.78, 5) is 22.9. The second-order valence-corrected chi connectivity index (χ2v) is 9.27. The van der Waals surface area contributed by atoms with Crippen LogP contribution in [0.2, 0.25) is 0 Å². The maximum Gasteiger partial charge on any atom is 0.257 e. The van der Waals surface area contributed by atoms with Gasteiger partial charge in [0, 0.05) is 32.4 Å². The number of carbonyl (C=O) groups is 1. The van der Waals surface area contributed by atoms with Crippen LogP contribution < -0.4 is 0 Å². The van der Waals surface area contributed by atoms with Crippen molar-refractivity contribution in [2.24, 2.45) is 0 Å². The molecule has 0 bridgehead atoms. The minimum atomic E-state index is -3.81. The van der Waals surface area contributed by atoms with Gasteiger partial charge in [0.2, 0.25) is 10.0 Å². The summed E-state index contributed by atoms with van der Waals surface area (Å²) >= 11 is 0. The molecule has 1 aromatic heterocycles. The summed E-state index contributed by atoms with van der Waals surface area (Å²) < 4.78 is 40.5. The lowest BCUT2D eigenvalue weighted by Crippen LogP contribution is -2.38. The number of rotatable bonds is 4. The number of benzene rings is 1. The Hall–Kier alpha value is -2.39. The number of likely N-dealkylation sites (tertiary alicyclic amines) is 1. The highest BCUT2D eigenvalue weighted by Crippen LogP contribution is 2.24. The van der Waals surface area contributed by atoms with Gasteiger partial charge >= 0.3 is 0 Å². The molecule has 1 saturated heterocycles. The Kier molecular flexibility index (Phi) is 6.28. The first-order valence-electron chi connectivity index (χ1n) is 9.53. The fourth-order valence-corrected chi connectivity index (χ4v) is 5.05. The van der Waals surface area contributed by atoms with E-state index in [1.165, 1.54) is 29.6 Å². The molecule has 0 radical (unpaired) electrons. The number of hydrogen-bond donors (Lipinski definition) is 0. The molecule has 0 N–H and O–H groups in total. The molecule has 1 amide bonds. The largest absolute Gasteiger partial charge is 0.338 e. The van der Waals surface area contributed by atoms with Crippen LogP contribution in [0.1, 0.15) is 41.1 Å². The van der Waals surface area contributed by atoms with E-state index in [-0.39, 0.29) is 16.8 Å². The lowest BCUT2D eigenvalue weighted by Gasteiger charge is -2.27. The Bertz CT molecular complexity index is 1010. The number of carbonyl (C=O) groups excluding carboxylic acids is 1. The second-order valence-electron chi connectivity index (χ2n) is 7.27. The Morgan fingerprint density at radius 1 is 1.24 bits per heavy atom. The highest BCUT2D eigenvalue weighted by atomic mass is 32.2. The Balaban J connectivity index is 1.73. The quantitative estimate of drug-likeness (QED) is 0.759. The molecule has 1 aliphatic rings. The van der Waals surface area contributed by atoms with Gasteiger partial charge in [-0.15, -0.1) is 0 Å². The Morgan fingerprint density at radius 2 is 2.00 bits per heavy atom. The minimum Gasteiger partial charge on any atom is -0.338 e. The van der Waals surface area contributed by atoms with E-state index in [2.05, 4.69) is 9.97 Å². The Morgan fingerprint density at radius 3 is 2.69 bits per heavy atom. The molecule has 0 saturated carbocycles. The average molecular weight is 421 g/mol. The lowest BCUT2D eigenvalue weighted by molar-refractivity contribution is 0.0758. The minimum absolute atomic E-state index is 0.0652.